The summed E-state index contributed by atoms with van der Waals surface area (Å²) in [5.74, 6) is 0. The Kier molecular flexibility index (Phi) is 5.19. The summed E-state index contributed by atoms with van der Waals surface area (Å²) in [6, 6.07) is 16.5. The Morgan fingerprint density at radius 2 is 1.72 bits per heavy atom. The normalized spacial score (nSPS) is 16.5. The van der Waals surface area contributed by atoms with Crippen molar-refractivity contribution >= 4 is 10.0 Å². The topological polar surface area (TPSA) is 65.6 Å². The van der Waals surface area contributed by atoms with Crippen LogP contribution in [0.3, 0.4) is 0 Å². The number of nitrogens with zero attached hydrogens (tertiary/aromatic N) is 2. The number of quaternary nitrogens is 1. The van der Waals surface area contributed by atoms with Gasteiger partial charge in [0.2, 0.25) is 10.0 Å². The second kappa shape index (κ2) is 7.36. The number of nitrogens with one attached hydrogen (secondary N) is 1. The molecule has 1 N–H and O–H groups in total. The molecule has 1 aliphatic rings. The van der Waals surface area contributed by atoms with E-state index < -0.39 is 10.0 Å². The highest BCUT2D eigenvalue weighted by Crippen LogP contribution is 2.16. The Hall–Kier alpha value is -2.20. The van der Waals surface area contributed by atoms with Gasteiger partial charge in [0.1, 0.15) is 6.54 Å². The number of hydrogen-bond donors (Lipinski definition) is 1. The fourth-order valence-electron chi connectivity index (χ4n) is 3.15. The second-order valence-corrected chi connectivity index (χ2v) is 8.33. The third-order valence-corrected chi connectivity index (χ3v) is 6.67. The molecule has 0 aliphatic carbocycles. The smallest absolute Gasteiger partial charge is 0.243 e. The second-order valence-electron chi connectivity index (χ2n) is 6.39. The highest BCUT2D eigenvalue weighted by molar-refractivity contribution is 7.89. The van der Waals surface area contributed by atoms with Crippen molar-refractivity contribution in [2.24, 2.45) is 0 Å². The van der Waals surface area contributed by atoms with Crippen LogP contribution in [-0.4, -0.2) is 38.9 Å². The average Bonchev–Trinajstić information content (AvgIpc) is 2.64. The molecule has 0 spiro atoms. The van der Waals surface area contributed by atoms with Crippen molar-refractivity contribution in [3.05, 3.63) is 65.2 Å². The number of nitriles is 1. The molecule has 1 heterocycles. The molecule has 0 amide bonds. The minimum Gasteiger partial charge on any atom is -0.329 e. The standard InChI is InChI=1S/C19H21N3O2S/c1-16-4-2-3-5-18(16)15-21-10-12-22(13-11-21)25(23,24)19-8-6-17(14-20)7-9-19/h2-9H,10-13,15H2,1H3/p+1. The number of aryl methyl sites for hydroxylation is 1. The SMILES string of the molecule is Cc1ccccc1C[NH+]1CCN(S(=O)(=O)c2ccc(C#N)cc2)CC1. The Bertz CT molecular complexity index is 878. The van der Waals surface area contributed by atoms with Gasteiger partial charge in [0, 0.05) is 5.56 Å². The number of sulfonamides is 1. The van der Waals surface area contributed by atoms with Crippen molar-refractivity contribution in [1.82, 2.24) is 4.31 Å². The lowest BCUT2D eigenvalue weighted by Gasteiger charge is -2.31. The number of piperazine rings is 1. The molecule has 130 valence electrons. The fourth-order valence-corrected chi connectivity index (χ4v) is 4.59. The minimum absolute atomic E-state index is 0.258. The van der Waals surface area contributed by atoms with Gasteiger partial charge in [-0.25, -0.2) is 8.42 Å². The van der Waals surface area contributed by atoms with Crippen LogP contribution in [-0.2, 0) is 16.6 Å². The third-order valence-electron chi connectivity index (χ3n) is 4.75. The van der Waals surface area contributed by atoms with Crippen molar-refractivity contribution in [3.63, 3.8) is 0 Å². The maximum Gasteiger partial charge on any atom is 0.243 e. The van der Waals surface area contributed by atoms with Gasteiger partial charge >= 0.3 is 0 Å². The summed E-state index contributed by atoms with van der Waals surface area (Å²) in [6.45, 7) is 5.67. The molecule has 1 fully saturated rings. The Morgan fingerprint density at radius 1 is 1.08 bits per heavy atom. The summed E-state index contributed by atoms with van der Waals surface area (Å²) in [6.07, 6.45) is 0. The van der Waals surface area contributed by atoms with Gasteiger partial charge in [0.05, 0.1) is 42.7 Å². The average molecular weight is 356 g/mol. The van der Waals surface area contributed by atoms with Crippen molar-refractivity contribution in [2.45, 2.75) is 18.4 Å². The first-order valence-electron chi connectivity index (χ1n) is 8.39. The van der Waals surface area contributed by atoms with Gasteiger partial charge in [-0.05, 0) is 36.8 Å². The molecule has 25 heavy (non-hydrogen) atoms. The molecule has 5 nitrogen and oxygen atoms in total. The largest absolute Gasteiger partial charge is 0.329 e. The van der Waals surface area contributed by atoms with Gasteiger partial charge in [-0.15, -0.1) is 0 Å². The van der Waals surface area contributed by atoms with Gasteiger partial charge in [-0.2, -0.15) is 9.57 Å². The maximum atomic E-state index is 12.7. The van der Waals surface area contributed by atoms with E-state index in [1.54, 1.807) is 16.4 Å². The van der Waals surface area contributed by atoms with Gasteiger partial charge in [0.15, 0.2) is 0 Å². The highest BCUT2D eigenvalue weighted by atomic mass is 32.2. The number of rotatable bonds is 4. The molecule has 0 saturated carbocycles. The van der Waals surface area contributed by atoms with E-state index in [0.717, 1.165) is 19.6 Å². The predicted molar refractivity (Wildman–Crippen MR) is 95.5 cm³/mol. The molecule has 0 atom stereocenters. The van der Waals surface area contributed by atoms with E-state index in [4.69, 9.17) is 5.26 Å². The zero-order valence-corrected chi connectivity index (χ0v) is 15.1. The number of benzene rings is 2. The van der Waals surface area contributed by atoms with Crippen molar-refractivity contribution < 1.29 is 13.3 Å². The van der Waals surface area contributed by atoms with Gasteiger partial charge in [-0.3, -0.25) is 0 Å². The van der Waals surface area contributed by atoms with Crippen molar-refractivity contribution in [3.8, 4) is 6.07 Å². The molecule has 2 aromatic rings. The van der Waals surface area contributed by atoms with Crippen LogP contribution in [0.2, 0.25) is 0 Å². The van der Waals surface area contributed by atoms with Crippen LogP contribution in [0.15, 0.2) is 53.4 Å². The highest BCUT2D eigenvalue weighted by Gasteiger charge is 2.30. The summed E-state index contributed by atoms with van der Waals surface area (Å²) in [5.41, 5.74) is 3.06. The Morgan fingerprint density at radius 3 is 2.32 bits per heavy atom. The van der Waals surface area contributed by atoms with E-state index in [-0.39, 0.29) is 4.90 Å². The van der Waals surface area contributed by atoms with Crippen molar-refractivity contribution in [1.29, 1.82) is 5.26 Å². The Labute approximate surface area is 149 Å². The molecule has 1 aliphatic heterocycles. The van der Waals surface area contributed by atoms with E-state index in [1.807, 2.05) is 18.2 Å². The van der Waals surface area contributed by atoms with Crippen LogP contribution in [0.5, 0.6) is 0 Å². The first-order valence-corrected chi connectivity index (χ1v) is 9.83. The lowest BCUT2D eigenvalue weighted by Crippen LogP contribution is -3.13. The van der Waals surface area contributed by atoms with Crippen LogP contribution in [0.1, 0.15) is 16.7 Å². The fraction of sp³-hybridized carbons (Fsp3) is 0.316. The molecular weight excluding hydrogens is 334 g/mol. The summed E-state index contributed by atoms with van der Waals surface area (Å²) >= 11 is 0. The van der Waals surface area contributed by atoms with Crippen LogP contribution in [0.25, 0.3) is 0 Å². The molecule has 0 unspecified atom stereocenters. The molecular formula is C19H22N3O2S+. The minimum atomic E-state index is -3.48. The monoisotopic (exact) mass is 356 g/mol. The molecule has 0 bridgehead atoms. The summed E-state index contributed by atoms with van der Waals surface area (Å²) in [7, 11) is -3.48. The van der Waals surface area contributed by atoms with Gasteiger partial charge < -0.3 is 4.90 Å². The molecule has 0 radical (unpaired) electrons. The van der Waals surface area contributed by atoms with E-state index in [0.29, 0.717) is 18.7 Å². The first kappa shape index (κ1) is 17.6. The molecule has 2 aromatic carbocycles. The molecule has 1 saturated heterocycles. The summed E-state index contributed by atoms with van der Waals surface area (Å²) in [5, 5.41) is 8.84. The summed E-state index contributed by atoms with van der Waals surface area (Å²) < 4.78 is 27.0. The zero-order chi connectivity index (χ0) is 17.9. The molecule has 6 heteroatoms. The van der Waals surface area contributed by atoms with Crippen LogP contribution in [0.4, 0.5) is 0 Å². The summed E-state index contributed by atoms with van der Waals surface area (Å²) in [4.78, 5) is 1.66. The number of hydrogen-bond acceptors (Lipinski definition) is 3. The van der Waals surface area contributed by atoms with Crippen LogP contribution >= 0.6 is 0 Å². The zero-order valence-electron chi connectivity index (χ0n) is 14.3. The quantitative estimate of drug-likeness (QED) is 0.887. The van der Waals surface area contributed by atoms with Gasteiger partial charge in [0.25, 0.3) is 0 Å². The van der Waals surface area contributed by atoms with Crippen molar-refractivity contribution in [2.75, 3.05) is 26.2 Å². The molecule has 0 aromatic heterocycles. The van der Waals surface area contributed by atoms with Crippen LogP contribution in [0, 0.1) is 18.3 Å². The lowest BCUT2D eigenvalue weighted by atomic mass is 10.1. The lowest BCUT2D eigenvalue weighted by molar-refractivity contribution is -0.917. The van der Waals surface area contributed by atoms with Crippen LogP contribution < -0.4 is 4.90 Å². The third kappa shape index (κ3) is 3.90. The van der Waals surface area contributed by atoms with E-state index in [9.17, 15) is 8.42 Å². The molecule has 3 rings (SSSR count). The van der Waals surface area contributed by atoms with Gasteiger partial charge in [-0.1, -0.05) is 24.3 Å². The van der Waals surface area contributed by atoms with E-state index >= 15 is 0 Å². The maximum absolute atomic E-state index is 12.7. The van der Waals surface area contributed by atoms with E-state index in [1.165, 1.54) is 28.2 Å². The predicted octanol–water partition coefficient (Wildman–Crippen LogP) is 0.956. The first-order chi connectivity index (χ1) is 12.0. The van der Waals surface area contributed by atoms with E-state index in [2.05, 4.69) is 19.1 Å². The Balaban J connectivity index is 1.65.